The van der Waals surface area contributed by atoms with Gasteiger partial charge in [0, 0.05) is 50.8 Å². The highest BCUT2D eigenvalue weighted by atomic mass is 16.3. The molecule has 0 unspecified atom stereocenters. The Hall–Kier alpha value is -4.70. The van der Waals surface area contributed by atoms with Gasteiger partial charge in [-0.2, -0.15) is 0 Å². The normalized spacial score (nSPS) is 21.7. The van der Waals surface area contributed by atoms with Crippen LogP contribution in [0.1, 0.15) is 69.9 Å². The molecule has 3 aromatic carbocycles. The molecule has 10 heteroatoms. The van der Waals surface area contributed by atoms with E-state index in [1.165, 1.54) is 0 Å². The Balaban J connectivity index is 1.18. The third-order valence-electron chi connectivity index (χ3n) is 11.4. The van der Waals surface area contributed by atoms with Crippen LogP contribution in [0.25, 0.3) is 11.1 Å². The van der Waals surface area contributed by atoms with Crippen LogP contribution in [0.2, 0.25) is 0 Å². The van der Waals surface area contributed by atoms with Gasteiger partial charge in [0.2, 0.25) is 0 Å². The fourth-order valence-corrected chi connectivity index (χ4v) is 8.38. The Morgan fingerprint density at radius 2 is 1.49 bits per heavy atom. The lowest BCUT2D eigenvalue weighted by Crippen LogP contribution is -2.64. The van der Waals surface area contributed by atoms with Gasteiger partial charge < -0.3 is 25.1 Å². The minimum Gasteiger partial charge on any atom is -0.508 e. The van der Waals surface area contributed by atoms with Crippen LogP contribution in [0.15, 0.2) is 78.9 Å². The average molecular weight is 722 g/mol. The number of nitrogens with one attached hydrogen (secondary N) is 1. The molecule has 0 bridgehead atoms. The van der Waals surface area contributed by atoms with E-state index in [1.54, 1.807) is 21.9 Å². The van der Waals surface area contributed by atoms with Crippen LogP contribution >= 0.6 is 0 Å². The molecule has 6 rings (SSSR count). The summed E-state index contributed by atoms with van der Waals surface area (Å²) in [5, 5.41) is 12.7. The second-order valence-corrected chi connectivity index (χ2v) is 15.0. The molecule has 10 nitrogen and oxygen atoms in total. The second kappa shape index (κ2) is 17.9. The van der Waals surface area contributed by atoms with Crippen LogP contribution in [0.4, 0.5) is 0 Å². The standard InChI is InChI=1S/C43H55N5O5/c1-3-5-13-35-27-44-40(50)41(51)47(35)29-36-14-9-24-45(36)28-37(10-4-2)48-30-38(26-32-17-21-39(49)22-18-32)46(42(52)43(48)53)25-23-31-15-19-34(20-16-31)33-11-7-6-8-12-33/h6-8,11-12,15-22,35-38,49H,3-5,9-10,13-14,23-30H2,1-2H3,(H,44,50)/t35-,36-,37+,38+/m0/s1. The number of carbonyl (C=O) groups is 4. The van der Waals surface area contributed by atoms with Crippen molar-refractivity contribution in [1.82, 2.24) is 24.9 Å². The fourth-order valence-electron chi connectivity index (χ4n) is 8.38. The van der Waals surface area contributed by atoms with Crippen LogP contribution < -0.4 is 5.32 Å². The molecule has 282 valence electrons. The van der Waals surface area contributed by atoms with Gasteiger partial charge in [-0.1, -0.05) is 99.8 Å². The van der Waals surface area contributed by atoms with Crippen LogP contribution in [-0.2, 0) is 32.0 Å². The topological polar surface area (TPSA) is 114 Å². The van der Waals surface area contributed by atoms with E-state index in [0.29, 0.717) is 45.6 Å². The summed E-state index contributed by atoms with van der Waals surface area (Å²) in [5.41, 5.74) is 4.37. The van der Waals surface area contributed by atoms with Crippen molar-refractivity contribution < 1.29 is 24.3 Å². The Labute approximate surface area is 314 Å². The van der Waals surface area contributed by atoms with Gasteiger partial charge in [0.1, 0.15) is 5.75 Å². The third kappa shape index (κ3) is 9.27. The summed E-state index contributed by atoms with van der Waals surface area (Å²) < 4.78 is 0. The first-order chi connectivity index (χ1) is 25.7. The zero-order valence-electron chi connectivity index (χ0n) is 31.3. The summed E-state index contributed by atoms with van der Waals surface area (Å²) in [6.07, 6.45) is 7.57. The molecule has 0 aliphatic carbocycles. The van der Waals surface area contributed by atoms with Gasteiger partial charge in [0.05, 0.1) is 6.04 Å². The Morgan fingerprint density at radius 3 is 2.21 bits per heavy atom. The number of unbranched alkanes of at least 4 members (excludes halogenated alkanes) is 1. The molecule has 0 saturated carbocycles. The molecule has 0 radical (unpaired) electrons. The van der Waals surface area contributed by atoms with E-state index in [9.17, 15) is 24.3 Å². The molecule has 0 spiro atoms. The maximum Gasteiger partial charge on any atom is 0.312 e. The number of nitrogens with zero attached hydrogens (tertiary/aromatic N) is 4. The number of carbonyl (C=O) groups excluding carboxylic acids is 4. The molecule has 3 fully saturated rings. The number of benzene rings is 3. The molecule has 4 atom stereocenters. The van der Waals surface area contributed by atoms with Gasteiger partial charge in [-0.15, -0.1) is 0 Å². The summed E-state index contributed by atoms with van der Waals surface area (Å²) in [5.74, 6) is -1.72. The minimum atomic E-state index is -0.531. The van der Waals surface area contributed by atoms with Gasteiger partial charge >= 0.3 is 23.6 Å². The Morgan fingerprint density at radius 1 is 0.774 bits per heavy atom. The van der Waals surface area contributed by atoms with Crippen molar-refractivity contribution in [2.75, 3.05) is 39.3 Å². The number of hydrogen-bond donors (Lipinski definition) is 2. The molecule has 3 aromatic rings. The Bertz CT molecular complexity index is 1700. The van der Waals surface area contributed by atoms with Crippen molar-refractivity contribution in [2.24, 2.45) is 0 Å². The molecule has 53 heavy (non-hydrogen) atoms. The van der Waals surface area contributed by atoms with Gasteiger partial charge in [-0.3, -0.25) is 24.1 Å². The number of phenols is 1. The molecule has 3 aliphatic rings. The molecular formula is C43H55N5O5. The minimum absolute atomic E-state index is 0.0104. The molecule has 2 N–H and O–H groups in total. The van der Waals surface area contributed by atoms with Crippen molar-refractivity contribution in [3.8, 4) is 16.9 Å². The number of piperazine rings is 2. The van der Waals surface area contributed by atoms with Crippen LogP contribution in [0.5, 0.6) is 5.75 Å². The molecule has 4 amide bonds. The number of amides is 4. The van der Waals surface area contributed by atoms with E-state index in [-0.39, 0.29) is 29.9 Å². The van der Waals surface area contributed by atoms with Gasteiger partial charge in [0.15, 0.2) is 0 Å². The van der Waals surface area contributed by atoms with E-state index in [1.807, 2.05) is 35.2 Å². The quantitative estimate of drug-likeness (QED) is 0.201. The van der Waals surface area contributed by atoms with Crippen LogP contribution in [0.3, 0.4) is 0 Å². The van der Waals surface area contributed by atoms with E-state index >= 15 is 0 Å². The summed E-state index contributed by atoms with van der Waals surface area (Å²) in [6, 6.07) is 25.4. The molecule has 3 aliphatic heterocycles. The number of phenolic OH excluding ortho intramolecular Hbond substituents is 1. The summed E-state index contributed by atoms with van der Waals surface area (Å²) in [4.78, 5) is 61.5. The summed E-state index contributed by atoms with van der Waals surface area (Å²) >= 11 is 0. The zero-order chi connectivity index (χ0) is 37.3. The smallest absolute Gasteiger partial charge is 0.312 e. The van der Waals surface area contributed by atoms with Crippen molar-refractivity contribution in [1.29, 1.82) is 0 Å². The highest BCUT2D eigenvalue weighted by Gasteiger charge is 2.43. The summed E-state index contributed by atoms with van der Waals surface area (Å²) in [6.45, 7) is 7.53. The second-order valence-electron chi connectivity index (χ2n) is 15.0. The van der Waals surface area contributed by atoms with Gasteiger partial charge in [0.25, 0.3) is 0 Å². The largest absolute Gasteiger partial charge is 0.508 e. The SMILES string of the molecule is CCCC[C@H]1CNC(=O)C(=O)N1C[C@@H]1CCCN1C[C@@H](CCC)N1C[C@@H](Cc2ccc(O)cc2)N(CCc2ccc(-c3ccccc3)cc2)C(=O)C1=O. The molecule has 0 aromatic heterocycles. The predicted octanol–water partition coefficient (Wildman–Crippen LogP) is 5.03. The molecule has 3 saturated heterocycles. The van der Waals surface area contributed by atoms with Crippen molar-refractivity contribution in [3.63, 3.8) is 0 Å². The first-order valence-electron chi connectivity index (χ1n) is 19.6. The number of rotatable bonds is 16. The first-order valence-corrected chi connectivity index (χ1v) is 19.6. The highest BCUT2D eigenvalue weighted by Crippen LogP contribution is 2.27. The van der Waals surface area contributed by atoms with Crippen molar-refractivity contribution in [3.05, 3.63) is 90.0 Å². The average Bonchev–Trinajstić information content (AvgIpc) is 3.62. The first kappa shape index (κ1) is 38.0. The number of likely N-dealkylation sites (tertiary alicyclic amines) is 1. The molecular weight excluding hydrogens is 667 g/mol. The maximum absolute atomic E-state index is 14.1. The van der Waals surface area contributed by atoms with E-state index < -0.39 is 23.6 Å². The lowest BCUT2D eigenvalue weighted by molar-refractivity contribution is -0.161. The Kier molecular flexibility index (Phi) is 12.8. The highest BCUT2D eigenvalue weighted by molar-refractivity contribution is 6.36. The van der Waals surface area contributed by atoms with E-state index in [4.69, 9.17) is 0 Å². The van der Waals surface area contributed by atoms with Crippen LogP contribution in [0, 0.1) is 0 Å². The van der Waals surface area contributed by atoms with Crippen molar-refractivity contribution >= 4 is 23.6 Å². The summed E-state index contributed by atoms with van der Waals surface area (Å²) in [7, 11) is 0. The lowest BCUT2D eigenvalue weighted by atomic mass is 9.97. The monoisotopic (exact) mass is 721 g/mol. The van der Waals surface area contributed by atoms with Crippen molar-refractivity contribution in [2.45, 2.75) is 95.8 Å². The van der Waals surface area contributed by atoms with Gasteiger partial charge in [-0.05, 0) is 79.5 Å². The van der Waals surface area contributed by atoms with E-state index in [0.717, 1.165) is 73.7 Å². The number of hydrogen-bond acceptors (Lipinski definition) is 6. The maximum atomic E-state index is 14.1. The fraction of sp³-hybridized carbons (Fsp3) is 0.488. The lowest BCUT2D eigenvalue weighted by Gasteiger charge is -2.45. The number of aromatic hydroxyl groups is 1. The van der Waals surface area contributed by atoms with Crippen LogP contribution in [-0.4, -0.2) is 112 Å². The molecule has 3 heterocycles. The predicted molar refractivity (Wildman–Crippen MR) is 206 cm³/mol. The third-order valence-corrected chi connectivity index (χ3v) is 11.4. The zero-order valence-corrected chi connectivity index (χ0v) is 31.3. The van der Waals surface area contributed by atoms with Gasteiger partial charge in [-0.25, -0.2) is 0 Å². The van der Waals surface area contributed by atoms with E-state index in [2.05, 4.69) is 60.5 Å².